The second-order valence-corrected chi connectivity index (χ2v) is 7.72. The smallest absolute Gasteiger partial charge is 0.276 e. The molecule has 0 aliphatic rings. The fraction of sp³-hybridized carbons (Fsp3) is 0.133. The highest BCUT2D eigenvalue weighted by atomic mass is 35.5. The number of hydrazine groups is 1. The highest BCUT2D eigenvalue weighted by molar-refractivity contribution is 7.89. The lowest BCUT2D eigenvalue weighted by Crippen LogP contribution is -2.42. The number of carbonyl (C=O) groups excluding carboxylic acids is 1. The summed E-state index contributed by atoms with van der Waals surface area (Å²) < 4.78 is 41.6. The van der Waals surface area contributed by atoms with E-state index in [4.69, 9.17) is 11.6 Å². The number of rotatable bonds is 5. The van der Waals surface area contributed by atoms with Crippen LogP contribution in [0.3, 0.4) is 0 Å². The fourth-order valence-corrected chi connectivity index (χ4v) is 3.27. The molecule has 27 heavy (non-hydrogen) atoms. The van der Waals surface area contributed by atoms with Crippen LogP contribution >= 0.6 is 11.6 Å². The Hall–Kier alpha value is -2.76. The molecule has 1 aromatic carbocycles. The summed E-state index contributed by atoms with van der Waals surface area (Å²) in [6, 6.07) is 2.56. The summed E-state index contributed by atoms with van der Waals surface area (Å²) in [4.78, 5) is 22.0. The molecular formula is C15H14ClFN6O3S. The van der Waals surface area contributed by atoms with E-state index in [2.05, 4.69) is 9.97 Å². The molecule has 0 aliphatic carbocycles. The summed E-state index contributed by atoms with van der Waals surface area (Å²) >= 11 is 5.87. The normalized spacial score (nSPS) is 11.6. The molecule has 2 heterocycles. The number of aryl methyl sites for hydroxylation is 2. The van der Waals surface area contributed by atoms with Gasteiger partial charge in [0.2, 0.25) is 0 Å². The molecule has 0 aliphatic heterocycles. The third-order valence-electron chi connectivity index (χ3n) is 3.53. The number of amides is 1. The van der Waals surface area contributed by atoms with Gasteiger partial charge in [0, 0.05) is 32.1 Å². The molecule has 0 spiro atoms. The minimum Gasteiger partial charge on any atom is -0.340 e. The highest BCUT2D eigenvalue weighted by Gasteiger charge is 2.21. The van der Waals surface area contributed by atoms with Gasteiger partial charge in [-0.1, -0.05) is 11.6 Å². The van der Waals surface area contributed by atoms with E-state index in [0.29, 0.717) is 11.3 Å². The maximum atomic E-state index is 14.3. The van der Waals surface area contributed by atoms with Crippen LogP contribution in [0.2, 0.25) is 5.02 Å². The number of nitrogens with one attached hydrogen (secondary N) is 2. The van der Waals surface area contributed by atoms with Crippen molar-refractivity contribution in [3.8, 4) is 11.3 Å². The third-order valence-corrected chi connectivity index (χ3v) is 4.94. The number of carbonyl (C=O) groups is 1. The van der Waals surface area contributed by atoms with Gasteiger partial charge in [0.25, 0.3) is 15.9 Å². The monoisotopic (exact) mass is 412 g/mol. The summed E-state index contributed by atoms with van der Waals surface area (Å²) in [6.45, 7) is 0. The van der Waals surface area contributed by atoms with Crippen molar-refractivity contribution in [2.24, 2.45) is 14.1 Å². The van der Waals surface area contributed by atoms with E-state index < -0.39 is 27.3 Å². The maximum Gasteiger partial charge on any atom is 0.276 e. The number of sulfonamides is 1. The zero-order valence-electron chi connectivity index (χ0n) is 14.1. The molecule has 0 bridgehead atoms. The van der Waals surface area contributed by atoms with Gasteiger partial charge in [-0.2, -0.15) is 0 Å². The van der Waals surface area contributed by atoms with E-state index in [1.54, 1.807) is 24.9 Å². The first-order valence-electron chi connectivity index (χ1n) is 7.45. The first kappa shape index (κ1) is 19.0. The lowest BCUT2D eigenvalue weighted by molar-refractivity contribution is 0.0941. The molecule has 0 saturated heterocycles. The molecule has 3 aromatic rings. The zero-order chi connectivity index (χ0) is 19.8. The molecule has 0 saturated carbocycles. The number of imidazole rings is 2. The SMILES string of the molecule is Cn1cnc(-c2cc(Cl)c(F)c(C(=O)NNS(=O)(=O)c3cn(C)cn3)c2)c1. The molecule has 2 aromatic heterocycles. The predicted molar refractivity (Wildman–Crippen MR) is 94.6 cm³/mol. The standard InChI is InChI=1S/C15H14ClFN6O3S/c1-22-5-12(18-7-22)9-3-10(14(17)11(16)4-9)15(24)20-21-27(25,26)13-6-23(2)8-19-13/h3-8,21H,1-2H3,(H,20,24). The van der Waals surface area contributed by atoms with Crippen molar-refractivity contribution >= 4 is 27.5 Å². The number of hydrogen-bond acceptors (Lipinski definition) is 5. The highest BCUT2D eigenvalue weighted by Crippen LogP contribution is 2.27. The third kappa shape index (κ3) is 3.99. The molecule has 0 atom stereocenters. The Balaban J connectivity index is 1.85. The van der Waals surface area contributed by atoms with Gasteiger partial charge in [0.1, 0.15) is 0 Å². The molecule has 3 rings (SSSR count). The first-order chi connectivity index (χ1) is 12.7. The van der Waals surface area contributed by atoms with E-state index in [9.17, 15) is 17.6 Å². The first-order valence-corrected chi connectivity index (χ1v) is 9.31. The Morgan fingerprint density at radius 3 is 2.41 bits per heavy atom. The molecule has 0 fully saturated rings. The largest absolute Gasteiger partial charge is 0.340 e. The van der Waals surface area contributed by atoms with Gasteiger partial charge in [-0.3, -0.25) is 10.2 Å². The van der Waals surface area contributed by atoms with Crippen LogP contribution in [0.4, 0.5) is 4.39 Å². The van der Waals surface area contributed by atoms with Crippen LogP contribution in [0.1, 0.15) is 10.4 Å². The van der Waals surface area contributed by atoms with E-state index in [1.807, 2.05) is 10.3 Å². The van der Waals surface area contributed by atoms with Crippen molar-refractivity contribution in [2.75, 3.05) is 0 Å². The fourth-order valence-electron chi connectivity index (χ4n) is 2.22. The van der Waals surface area contributed by atoms with Crippen molar-refractivity contribution in [3.05, 3.63) is 53.6 Å². The van der Waals surface area contributed by atoms with E-state index in [1.165, 1.54) is 35.6 Å². The van der Waals surface area contributed by atoms with Crippen molar-refractivity contribution in [1.29, 1.82) is 0 Å². The number of benzene rings is 1. The van der Waals surface area contributed by atoms with Gasteiger partial charge < -0.3 is 9.13 Å². The van der Waals surface area contributed by atoms with E-state index in [-0.39, 0.29) is 10.0 Å². The van der Waals surface area contributed by atoms with E-state index >= 15 is 0 Å². The molecule has 2 N–H and O–H groups in total. The Labute approximate surface area is 158 Å². The molecule has 0 radical (unpaired) electrons. The number of hydrogen-bond donors (Lipinski definition) is 2. The molecule has 142 valence electrons. The minimum atomic E-state index is -4.11. The van der Waals surface area contributed by atoms with Gasteiger partial charge in [-0.05, 0) is 12.1 Å². The second-order valence-electron chi connectivity index (χ2n) is 5.68. The summed E-state index contributed by atoms with van der Waals surface area (Å²) in [6.07, 6.45) is 5.72. The van der Waals surface area contributed by atoms with Gasteiger partial charge in [0.05, 0.1) is 28.9 Å². The molecule has 0 unspecified atom stereocenters. The van der Waals surface area contributed by atoms with Crippen molar-refractivity contribution in [1.82, 2.24) is 29.4 Å². The molecule has 1 amide bonds. The predicted octanol–water partition coefficient (Wildman–Crippen LogP) is 1.24. The lowest BCUT2D eigenvalue weighted by atomic mass is 10.1. The van der Waals surface area contributed by atoms with E-state index in [0.717, 1.165) is 0 Å². The topological polar surface area (TPSA) is 111 Å². The average molecular weight is 413 g/mol. The van der Waals surface area contributed by atoms with Gasteiger partial charge in [-0.25, -0.2) is 22.8 Å². The summed E-state index contributed by atoms with van der Waals surface area (Å²) in [5.74, 6) is -2.00. The molecule has 12 heteroatoms. The van der Waals surface area contributed by atoms with Crippen LogP contribution in [0.5, 0.6) is 0 Å². The van der Waals surface area contributed by atoms with Crippen LogP contribution in [0.25, 0.3) is 11.3 Å². The second kappa shape index (κ2) is 7.10. The molecule has 9 nitrogen and oxygen atoms in total. The van der Waals surface area contributed by atoms with Crippen molar-refractivity contribution in [3.63, 3.8) is 0 Å². The summed E-state index contributed by atoms with van der Waals surface area (Å²) in [7, 11) is -0.769. The quantitative estimate of drug-likeness (QED) is 0.612. The molecular weight excluding hydrogens is 399 g/mol. The lowest BCUT2D eigenvalue weighted by Gasteiger charge is -2.09. The van der Waals surface area contributed by atoms with Crippen LogP contribution in [0.15, 0.2) is 42.2 Å². The Kier molecular flexibility index (Phi) is 5.00. The van der Waals surface area contributed by atoms with Crippen LogP contribution in [-0.4, -0.2) is 33.4 Å². The average Bonchev–Trinajstić information content (AvgIpc) is 3.24. The van der Waals surface area contributed by atoms with Gasteiger partial charge >= 0.3 is 0 Å². The number of aromatic nitrogens is 4. The number of halogens is 2. The van der Waals surface area contributed by atoms with Crippen LogP contribution < -0.4 is 10.3 Å². The van der Waals surface area contributed by atoms with Gasteiger partial charge in [-0.15, -0.1) is 4.83 Å². The van der Waals surface area contributed by atoms with Crippen molar-refractivity contribution < 1.29 is 17.6 Å². The zero-order valence-corrected chi connectivity index (χ0v) is 15.7. The van der Waals surface area contributed by atoms with Crippen molar-refractivity contribution in [2.45, 2.75) is 5.03 Å². The van der Waals surface area contributed by atoms with Crippen LogP contribution in [0, 0.1) is 5.82 Å². The maximum absolute atomic E-state index is 14.3. The Morgan fingerprint density at radius 2 is 1.81 bits per heavy atom. The number of nitrogens with zero attached hydrogens (tertiary/aromatic N) is 4. The minimum absolute atomic E-state index is 0.295. The Bertz CT molecular complexity index is 1120. The van der Waals surface area contributed by atoms with Gasteiger partial charge in [0.15, 0.2) is 10.8 Å². The summed E-state index contributed by atoms with van der Waals surface area (Å²) in [5.41, 5.74) is 2.39. The van der Waals surface area contributed by atoms with Crippen LogP contribution in [-0.2, 0) is 24.1 Å². The summed E-state index contributed by atoms with van der Waals surface area (Å²) in [5, 5.41) is -0.595. The Morgan fingerprint density at radius 1 is 1.15 bits per heavy atom.